The van der Waals surface area contributed by atoms with E-state index in [1.165, 1.54) is 6.07 Å². The third-order valence-electron chi connectivity index (χ3n) is 3.65. The van der Waals surface area contributed by atoms with Crippen molar-refractivity contribution < 1.29 is 18.7 Å². The van der Waals surface area contributed by atoms with Gasteiger partial charge in [-0.3, -0.25) is 0 Å². The van der Waals surface area contributed by atoms with Gasteiger partial charge in [0.1, 0.15) is 23.4 Å². The molecule has 0 aliphatic carbocycles. The van der Waals surface area contributed by atoms with Gasteiger partial charge in [0.05, 0.1) is 32.0 Å². The van der Waals surface area contributed by atoms with Crippen LogP contribution in [0.25, 0.3) is 0 Å². The number of para-hydroxylation sites is 2. The molecular weight excluding hydrogens is 312 g/mol. The van der Waals surface area contributed by atoms with E-state index in [0.717, 1.165) is 0 Å². The van der Waals surface area contributed by atoms with Crippen molar-refractivity contribution in [3.63, 3.8) is 0 Å². The van der Waals surface area contributed by atoms with Gasteiger partial charge in [0.25, 0.3) is 0 Å². The van der Waals surface area contributed by atoms with Crippen LogP contribution in [0.15, 0.2) is 45.6 Å². The van der Waals surface area contributed by atoms with Gasteiger partial charge in [-0.25, -0.2) is 9.59 Å². The summed E-state index contributed by atoms with van der Waals surface area (Å²) in [6, 6.07) is 9.94. The number of methoxy groups -OCH3 is 1. The number of ether oxygens (including phenoxy) is 2. The molecule has 2 aromatic rings. The van der Waals surface area contributed by atoms with Crippen molar-refractivity contribution in [1.82, 2.24) is 4.90 Å². The van der Waals surface area contributed by atoms with E-state index in [2.05, 4.69) is 5.32 Å². The number of aryl methyl sites for hydroxylation is 1. The van der Waals surface area contributed by atoms with Crippen molar-refractivity contribution in [2.45, 2.75) is 13.0 Å². The highest BCUT2D eigenvalue weighted by atomic mass is 16.5. The van der Waals surface area contributed by atoms with E-state index in [1.807, 2.05) is 12.1 Å². The van der Waals surface area contributed by atoms with Crippen molar-refractivity contribution in [1.29, 1.82) is 0 Å². The molecule has 1 aromatic heterocycles. The van der Waals surface area contributed by atoms with Crippen molar-refractivity contribution >= 4 is 11.7 Å². The minimum absolute atomic E-state index is 0.144. The van der Waals surface area contributed by atoms with Crippen LogP contribution in [0.4, 0.5) is 10.5 Å². The standard InChI is InChI=1S/C17H18N2O5/c1-11-7-12(8-16(20)23-11)24-13-9-19(10-13)17(21)18-14-5-3-4-6-15(14)22-2/h3-8,13H,9-10H2,1-2H3,(H,18,21). The van der Waals surface area contributed by atoms with Crippen molar-refractivity contribution in [2.75, 3.05) is 25.5 Å². The molecule has 7 heteroatoms. The van der Waals surface area contributed by atoms with Gasteiger partial charge in [0.15, 0.2) is 0 Å². The number of carbonyl (C=O) groups is 1. The van der Waals surface area contributed by atoms with E-state index in [4.69, 9.17) is 13.9 Å². The van der Waals surface area contributed by atoms with Crippen LogP contribution < -0.4 is 20.4 Å². The Morgan fingerprint density at radius 3 is 2.75 bits per heavy atom. The molecule has 1 saturated heterocycles. The van der Waals surface area contributed by atoms with Crippen LogP contribution >= 0.6 is 0 Å². The highest BCUT2D eigenvalue weighted by Gasteiger charge is 2.32. The number of rotatable bonds is 4. The fourth-order valence-electron chi connectivity index (χ4n) is 2.46. The van der Waals surface area contributed by atoms with E-state index in [-0.39, 0.29) is 12.1 Å². The Kier molecular flexibility index (Phi) is 4.41. The molecule has 0 unspecified atom stereocenters. The minimum Gasteiger partial charge on any atom is -0.495 e. The first kappa shape index (κ1) is 15.9. The molecule has 3 rings (SSSR count). The van der Waals surface area contributed by atoms with Crippen LogP contribution in [0.2, 0.25) is 0 Å². The Hall–Kier alpha value is -2.96. The predicted octanol–water partition coefficient (Wildman–Crippen LogP) is 2.25. The zero-order chi connectivity index (χ0) is 17.1. The second kappa shape index (κ2) is 6.66. The maximum atomic E-state index is 12.2. The smallest absolute Gasteiger partial charge is 0.339 e. The zero-order valence-electron chi connectivity index (χ0n) is 13.4. The number of likely N-dealkylation sites (tertiary alicyclic amines) is 1. The average molecular weight is 330 g/mol. The Balaban J connectivity index is 1.54. The first-order valence-electron chi connectivity index (χ1n) is 7.52. The lowest BCUT2D eigenvalue weighted by molar-refractivity contribution is 0.0487. The van der Waals surface area contributed by atoms with E-state index < -0.39 is 5.63 Å². The molecule has 1 aliphatic heterocycles. The molecule has 126 valence electrons. The van der Waals surface area contributed by atoms with E-state index in [1.54, 1.807) is 37.1 Å². The Morgan fingerprint density at radius 1 is 1.29 bits per heavy atom. The summed E-state index contributed by atoms with van der Waals surface area (Å²) >= 11 is 0. The summed E-state index contributed by atoms with van der Waals surface area (Å²) in [5, 5.41) is 2.81. The highest BCUT2D eigenvalue weighted by Crippen LogP contribution is 2.24. The number of carbonyl (C=O) groups excluding carboxylic acids is 1. The molecule has 1 fully saturated rings. The Morgan fingerprint density at radius 2 is 2.04 bits per heavy atom. The number of hydrogen-bond donors (Lipinski definition) is 1. The molecule has 1 N–H and O–H groups in total. The summed E-state index contributed by atoms with van der Waals surface area (Å²) in [6.45, 7) is 2.57. The fourth-order valence-corrected chi connectivity index (χ4v) is 2.46. The number of hydrogen-bond acceptors (Lipinski definition) is 5. The van der Waals surface area contributed by atoms with Gasteiger partial charge in [-0.2, -0.15) is 0 Å². The SMILES string of the molecule is COc1ccccc1NC(=O)N1CC(Oc2cc(C)oc(=O)c2)C1. The van der Waals surface area contributed by atoms with Gasteiger partial charge >= 0.3 is 11.7 Å². The van der Waals surface area contributed by atoms with Crippen molar-refractivity contribution in [2.24, 2.45) is 0 Å². The summed E-state index contributed by atoms with van der Waals surface area (Å²) < 4.78 is 15.8. The van der Waals surface area contributed by atoms with Gasteiger partial charge in [0, 0.05) is 6.07 Å². The van der Waals surface area contributed by atoms with Gasteiger partial charge < -0.3 is 24.1 Å². The number of nitrogens with one attached hydrogen (secondary N) is 1. The summed E-state index contributed by atoms with van der Waals surface area (Å²) in [4.78, 5) is 25.1. The summed E-state index contributed by atoms with van der Waals surface area (Å²) in [5.41, 5.74) is 0.167. The Bertz CT molecular complexity index is 796. The van der Waals surface area contributed by atoms with Crippen LogP contribution in [0.5, 0.6) is 11.5 Å². The van der Waals surface area contributed by atoms with Gasteiger partial charge in [0.2, 0.25) is 0 Å². The van der Waals surface area contributed by atoms with Gasteiger partial charge in [-0.15, -0.1) is 0 Å². The second-order valence-electron chi connectivity index (χ2n) is 5.50. The lowest BCUT2D eigenvalue weighted by Gasteiger charge is -2.38. The molecular formula is C17H18N2O5. The maximum absolute atomic E-state index is 12.2. The molecule has 1 aromatic carbocycles. The van der Waals surface area contributed by atoms with Gasteiger partial charge in [-0.05, 0) is 19.1 Å². The Labute approximate surface area is 138 Å². The van der Waals surface area contributed by atoms with Crippen LogP contribution in [-0.2, 0) is 0 Å². The largest absolute Gasteiger partial charge is 0.495 e. The first-order chi connectivity index (χ1) is 11.5. The first-order valence-corrected chi connectivity index (χ1v) is 7.52. The quantitative estimate of drug-likeness (QED) is 0.930. The predicted molar refractivity (Wildman–Crippen MR) is 87.7 cm³/mol. The third-order valence-corrected chi connectivity index (χ3v) is 3.65. The van der Waals surface area contributed by atoms with Crippen molar-refractivity contribution in [3.8, 4) is 11.5 Å². The number of benzene rings is 1. The van der Waals surface area contributed by atoms with Crippen LogP contribution in [0, 0.1) is 6.92 Å². The van der Waals surface area contributed by atoms with Gasteiger partial charge in [-0.1, -0.05) is 12.1 Å². The van der Waals surface area contributed by atoms with Crippen molar-refractivity contribution in [3.05, 3.63) is 52.6 Å². The molecule has 0 atom stereocenters. The maximum Gasteiger partial charge on any atom is 0.339 e. The lowest BCUT2D eigenvalue weighted by Crippen LogP contribution is -2.57. The highest BCUT2D eigenvalue weighted by molar-refractivity contribution is 5.91. The molecule has 0 radical (unpaired) electrons. The minimum atomic E-state index is -0.449. The molecule has 0 bridgehead atoms. The van der Waals surface area contributed by atoms with E-state index >= 15 is 0 Å². The summed E-state index contributed by atoms with van der Waals surface area (Å²) in [7, 11) is 1.55. The van der Waals surface area contributed by atoms with E-state index in [0.29, 0.717) is 36.0 Å². The average Bonchev–Trinajstić information content (AvgIpc) is 2.50. The number of amides is 2. The van der Waals surface area contributed by atoms with Crippen LogP contribution in [-0.4, -0.2) is 37.2 Å². The monoisotopic (exact) mass is 330 g/mol. The number of urea groups is 1. The third kappa shape index (κ3) is 3.51. The fraction of sp³-hybridized carbons (Fsp3) is 0.294. The normalized spacial score (nSPS) is 14.0. The molecule has 0 saturated carbocycles. The molecule has 7 nitrogen and oxygen atoms in total. The number of anilines is 1. The topological polar surface area (TPSA) is 81.0 Å². The number of nitrogens with zero attached hydrogens (tertiary/aromatic N) is 1. The molecule has 0 spiro atoms. The summed E-state index contributed by atoms with van der Waals surface area (Å²) in [6.07, 6.45) is -0.144. The lowest BCUT2D eigenvalue weighted by atomic mass is 10.2. The zero-order valence-corrected chi connectivity index (χ0v) is 13.4. The van der Waals surface area contributed by atoms with Crippen LogP contribution in [0.1, 0.15) is 5.76 Å². The van der Waals surface area contributed by atoms with E-state index in [9.17, 15) is 9.59 Å². The van der Waals surface area contributed by atoms with Crippen LogP contribution in [0.3, 0.4) is 0 Å². The molecule has 2 amide bonds. The summed E-state index contributed by atoms with van der Waals surface area (Å²) in [5.74, 6) is 1.55. The molecule has 1 aliphatic rings. The molecule has 24 heavy (non-hydrogen) atoms. The molecule has 2 heterocycles. The second-order valence-corrected chi connectivity index (χ2v) is 5.50.